The summed E-state index contributed by atoms with van der Waals surface area (Å²) in [6, 6.07) is 9.47. The average Bonchev–Trinajstić information content (AvgIpc) is 3.04. The highest BCUT2D eigenvalue weighted by Crippen LogP contribution is 2.38. The smallest absolute Gasteiger partial charge is 0.0456 e. The van der Waals surface area contributed by atoms with Gasteiger partial charge in [0.05, 0.1) is 0 Å². The third kappa shape index (κ3) is 3.69. The lowest BCUT2D eigenvalue weighted by molar-refractivity contribution is -0.0163. The van der Waals surface area contributed by atoms with Gasteiger partial charge in [-0.05, 0) is 76.0 Å². The van der Waals surface area contributed by atoms with Crippen LogP contribution in [0.2, 0.25) is 0 Å². The van der Waals surface area contributed by atoms with Gasteiger partial charge in [0.15, 0.2) is 0 Å². The molecule has 2 bridgehead atoms. The molecular weight excluding hydrogens is 292 g/mol. The number of nitrogens with one attached hydrogen (secondary N) is 1. The van der Waals surface area contributed by atoms with E-state index in [0.29, 0.717) is 11.5 Å². The van der Waals surface area contributed by atoms with E-state index in [1.807, 2.05) is 6.20 Å². The van der Waals surface area contributed by atoms with Gasteiger partial charge in [-0.3, -0.25) is 4.90 Å². The summed E-state index contributed by atoms with van der Waals surface area (Å²) in [6.45, 7) is 12.9. The minimum absolute atomic E-state index is 0.407. The van der Waals surface area contributed by atoms with Crippen LogP contribution in [0.1, 0.15) is 71.8 Å². The Labute approximate surface area is 147 Å². The molecule has 24 heavy (non-hydrogen) atoms. The van der Waals surface area contributed by atoms with Gasteiger partial charge in [-0.15, -0.1) is 0 Å². The molecule has 5 rings (SSSR count). The molecule has 1 saturated carbocycles. The summed E-state index contributed by atoms with van der Waals surface area (Å²) in [5.41, 5.74) is 3.07. The number of H-pyrrole nitrogens is 1. The van der Waals surface area contributed by atoms with Crippen molar-refractivity contribution in [2.75, 3.05) is 6.54 Å². The second-order valence-corrected chi connectivity index (χ2v) is 8.94. The van der Waals surface area contributed by atoms with Crippen LogP contribution >= 0.6 is 0 Å². The lowest BCUT2D eigenvalue weighted by atomic mass is 9.78. The van der Waals surface area contributed by atoms with Crippen molar-refractivity contribution in [1.82, 2.24) is 9.88 Å². The van der Waals surface area contributed by atoms with Crippen molar-refractivity contribution in [2.24, 2.45) is 5.92 Å². The predicted octanol–water partition coefficient (Wildman–Crippen LogP) is 5.95. The molecule has 2 nitrogen and oxygen atoms in total. The van der Waals surface area contributed by atoms with Gasteiger partial charge in [-0.1, -0.05) is 26.0 Å². The fourth-order valence-corrected chi connectivity index (χ4v) is 4.50. The summed E-state index contributed by atoms with van der Waals surface area (Å²) in [5.74, 6) is 1.62. The maximum Gasteiger partial charge on any atom is 0.0456 e. The van der Waals surface area contributed by atoms with Gasteiger partial charge in [0.25, 0.3) is 0 Å². The zero-order valence-corrected chi connectivity index (χ0v) is 16.1. The SMILES string of the molecule is CC(C)(C)N1CC2CCC1CC2.CC(C)c1cccc2[nH]ccc12. The van der Waals surface area contributed by atoms with Crippen molar-refractivity contribution < 1.29 is 0 Å². The standard InChI is InChI=1S/C11H21N.C11H13N/c1-11(2,3)12-8-9-4-6-10(12)7-5-9;1-8(2)9-4-3-5-11-10(9)6-7-12-11/h9-10H,4-8H2,1-3H3;3-8,12H,1-2H3. The largest absolute Gasteiger partial charge is 0.361 e. The number of aromatic nitrogens is 1. The molecule has 2 heteroatoms. The monoisotopic (exact) mass is 326 g/mol. The zero-order chi connectivity index (χ0) is 17.3. The Morgan fingerprint density at radius 2 is 1.75 bits per heavy atom. The molecule has 1 aliphatic carbocycles. The summed E-state index contributed by atoms with van der Waals surface area (Å²) in [5, 5.41) is 1.35. The van der Waals surface area contributed by atoms with Crippen LogP contribution in [-0.2, 0) is 0 Å². The second kappa shape index (κ2) is 6.92. The number of hydrogen-bond acceptors (Lipinski definition) is 1. The van der Waals surface area contributed by atoms with E-state index in [0.717, 1.165) is 12.0 Å². The van der Waals surface area contributed by atoms with E-state index >= 15 is 0 Å². The van der Waals surface area contributed by atoms with Crippen LogP contribution in [0.5, 0.6) is 0 Å². The van der Waals surface area contributed by atoms with Crippen molar-refractivity contribution in [3.63, 3.8) is 0 Å². The summed E-state index contributed by atoms with van der Waals surface area (Å²) in [4.78, 5) is 5.94. The summed E-state index contributed by atoms with van der Waals surface area (Å²) < 4.78 is 0. The number of hydrogen-bond donors (Lipinski definition) is 1. The number of piperidine rings is 2. The number of benzene rings is 1. The van der Waals surface area contributed by atoms with E-state index in [1.54, 1.807) is 0 Å². The molecule has 0 spiro atoms. The minimum atomic E-state index is 0.407. The van der Waals surface area contributed by atoms with Crippen molar-refractivity contribution in [1.29, 1.82) is 0 Å². The quantitative estimate of drug-likeness (QED) is 0.686. The third-order valence-electron chi connectivity index (χ3n) is 5.82. The molecule has 0 unspecified atom stereocenters. The molecule has 1 aromatic heterocycles. The number of rotatable bonds is 1. The number of nitrogens with zero attached hydrogens (tertiary/aromatic N) is 1. The van der Waals surface area contributed by atoms with Gasteiger partial charge in [0.1, 0.15) is 0 Å². The fraction of sp³-hybridized carbons (Fsp3) is 0.636. The van der Waals surface area contributed by atoms with E-state index in [9.17, 15) is 0 Å². The minimum Gasteiger partial charge on any atom is -0.361 e. The molecule has 1 aromatic carbocycles. The van der Waals surface area contributed by atoms with Gasteiger partial charge < -0.3 is 4.98 Å². The highest BCUT2D eigenvalue weighted by atomic mass is 15.2. The molecule has 2 saturated heterocycles. The summed E-state index contributed by atoms with van der Waals surface area (Å²) in [7, 11) is 0. The first kappa shape index (κ1) is 17.5. The van der Waals surface area contributed by atoms with Crippen LogP contribution in [0, 0.1) is 5.92 Å². The van der Waals surface area contributed by atoms with E-state index in [1.165, 1.54) is 48.7 Å². The van der Waals surface area contributed by atoms with Crippen LogP contribution in [0.25, 0.3) is 10.9 Å². The third-order valence-corrected chi connectivity index (χ3v) is 5.82. The van der Waals surface area contributed by atoms with Crippen molar-refractivity contribution in [3.05, 3.63) is 36.0 Å². The van der Waals surface area contributed by atoms with Crippen molar-refractivity contribution >= 4 is 10.9 Å². The first-order chi connectivity index (χ1) is 11.4. The van der Waals surface area contributed by atoms with Gasteiger partial charge in [-0.25, -0.2) is 0 Å². The Bertz CT molecular complexity index is 654. The Morgan fingerprint density at radius 3 is 2.25 bits per heavy atom. The van der Waals surface area contributed by atoms with Crippen LogP contribution in [0.3, 0.4) is 0 Å². The lowest BCUT2D eigenvalue weighted by Gasteiger charge is -2.51. The van der Waals surface area contributed by atoms with E-state index < -0.39 is 0 Å². The molecule has 2 aromatic rings. The molecule has 1 N–H and O–H groups in total. The van der Waals surface area contributed by atoms with E-state index in [2.05, 4.69) is 68.8 Å². The molecule has 132 valence electrons. The highest BCUT2D eigenvalue weighted by Gasteiger charge is 2.38. The lowest BCUT2D eigenvalue weighted by Crippen LogP contribution is -2.56. The normalized spacial score (nSPS) is 24.2. The van der Waals surface area contributed by atoms with E-state index in [4.69, 9.17) is 0 Å². The molecule has 0 radical (unpaired) electrons. The van der Waals surface area contributed by atoms with Crippen LogP contribution in [0.4, 0.5) is 0 Å². The highest BCUT2D eigenvalue weighted by molar-refractivity contribution is 5.83. The zero-order valence-electron chi connectivity index (χ0n) is 16.1. The van der Waals surface area contributed by atoms with Crippen molar-refractivity contribution in [2.45, 2.75) is 77.8 Å². The Kier molecular flexibility index (Phi) is 5.05. The van der Waals surface area contributed by atoms with Gasteiger partial charge >= 0.3 is 0 Å². The first-order valence-electron chi connectivity index (χ1n) is 9.69. The molecule has 0 atom stereocenters. The number of fused-ring (bicyclic) bond motifs is 4. The Hall–Kier alpha value is -1.28. The van der Waals surface area contributed by atoms with Gasteiger partial charge in [-0.2, -0.15) is 0 Å². The summed E-state index contributed by atoms with van der Waals surface area (Å²) in [6.07, 6.45) is 7.91. The summed E-state index contributed by atoms with van der Waals surface area (Å²) >= 11 is 0. The average molecular weight is 327 g/mol. The fourth-order valence-electron chi connectivity index (χ4n) is 4.50. The van der Waals surface area contributed by atoms with Crippen LogP contribution in [-0.4, -0.2) is 28.0 Å². The Morgan fingerprint density at radius 1 is 1.04 bits per heavy atom. The molecule has 2 aliphatic heterocycles. The molecular formula is C22H34N2. The molecule has 3 heterocycles. The van der Waals surface area contributed by atoms with Crippen molar-refractivity contribution in [3.8, 4) is 0 Å². The Balaban J connectivity index is 0.000000141. The molecule has 3 fully saturated rings. The predicted molar refractivity (Wildman–Crippen MR) is 105 cm³/mol. The van der Waals surface area contributed by atoms with Crippen LogP contribution in [0.15, 0.2) is 30.5 Å². The molecule has 0 amide bonds. The van der Waals surface area contributed by atoms with E-state index in [-0.39, 0.29) is 0 Å². The van der Waals surface area contributed by atoms with Crippen LogP contribution < -0.4 is 0 Å². The topological polar surface area (TPSA) is 19.0 Å². The maximum atomic E-state index is 3.21. The maximum absolute atomic E-state index is 3.21. The second-order valence-electron chi connectivity index (χ2n) is 8.94. The van der Waals surface area contributed by atoms with Gasteiger partial charge in [0, 0.05) is 35.2 Å². The first-order valence-corrected chi connectivity index (χ1v) is 9.69. The van der Waals surface area contributed by atoms with Gasteiger partial charge in [0.2, 0.25) is 0 Å². The number of aromatic amines is 1. The molecule has 3 aliphatic rings.